The summed E-state index contributed by atoms with van der Waals surface area (Å²) in [5, 5.41) is 3.69. The molecule has 2 amide bonds. The first-order valence-corrected chi connectivity index (χ1v) is 11.2. The molecule has 0 radical (unpaired) electrons. The summed E-state index contributed by atoms with van der Waals surface area (Å²) in [6.07, 6.45) is 3.49. The van der Waals surface area contributed by atoms with Gasteiger partial charge < -0.3 is 15.2 Å². The summed E-state index contributed by atoms with van der Waals surface area (Å²) in [6, 6.07) is 14.5. The van der Waals surface area contributed by atoms with Gasteiger partial charge in [0, 0.05) is 42.2 Å². The number of hydrogen-bond donors (Lipinski definition) is 2. The molecule has 0 atom stereocenters. The van der Waals surface area contributed by atoms with Gasteiger partial charge in [-0.05, 0) is 37.5 Å². The van der Waals surface area contributed by atoms with E-state index in [4.69, 9.17) is 16.6 Å². The molecule has 166 valence electrons. The Labute approximate surface area is 195 Å². The Kier molecular flexibility index (Phi) is 5.56. The molecule has 0 spiro atoms. The zero-order valence-corrected chi connectivity index (χ0v) is 18.8. The number of amides is 2. The number of likely N-dealkylation sites (tertiary alicyclic amines) is 1. The second-order valence-electron chi connectivity index (χ2n) is 8.09. The van der Waals surface area contributed by atoms with E-state index < -0.39 is 0 Å². The number of hydrogen-bond acceptors (Lipinski definition) is 4. The van der Waals surface area contributed by atoms with E-state index in [1.54, 1.807) is 17.2 Å². The van der Waals surface area contributed by atoms with E-state index in [1.165, 1.54) is 6.07 Å². The highest BCUT2D eigenvalue weighted by atomic mass is 35.5. The highest BCUT2D eigenvalue weighted by molar-refractivity contribution is 6.29. The lowest BCUT2D eigenvalue weighted by atomic mass is 9.96. The standard InChI is InChI=1S/C25H22ClN5O2/c1-15-13-17(14-19(26)28-15)20-22(16-7-3-2-4-8-16)29-24-21(18(32)9-10-27-24)23(20)30-25(33)31-11-5-6-12-31/h2-4,7-10,13-14H,5-6,11-12H2,1H3,(H2,27,29,30,32,33). The predicted octanol–water partition coefficient (Wildman–Crippen LogP) is 5.24. The molecule has 1 aliphatic rings. The van der Waals surface area contributed by atoms with Crippen LogP contribution < -0.4 is 10.7 Å². The molecule has 0 unspecified atom stereocenters. The number of H-pyrrole nitrogens is 1. The highest BCUT2D eigenvalue weighted by Gasteiger charge is 2.25. The fraction of sp³-hybridized carbons (Fsp3) is 0.200. The molecule has 7 nitrogen and oxygen atoms in total. The number of carbonyl (C=O) groups excluding carboxylic acids is 1. The minimum Gasteiger partial charge on any atom is -0.346 e. The summed E-state index contributed by atoms with van der Waals surface area (Å²) < 4.78 is 0. The van der Waals surface area contributed by atoms with Crippen LogP contribution in [0.1, 0.15) is 18.5 Å². The molecule has 4 heterocycles. The Morgan fingerprint density at radius 1 is 1.06 bits per heavy atom. The lowest BCUT2D eigenvalue weighted by molar-refractivity contribution is 0.222. The molecule has 0 saturated carbocycles. The normalized spacial score (nSPS) is 13.5. The van der Waals surface area contributed by atoms with E-state index >= 15 is 0 Å². The van der Waals surface area contributed by atoms with Crippen LogP contribution >= 0.6 is 11.6 Å². The Bertz CT molecular complexity index is 1390. The molecule has 8 heteroatoms. The third kappa shape index (κ3) is 4.07. The number of nitrogens with zero attached hydrogens (tertiary/aromatic N) is 3. The average Bonchev–Trinajstić information content (AvgIpc) is 3.34. The van der Waals surface area contributed by atoms with Crippen LogP contribution in [0.25, 0.3) is 33.4 Å². The maximum absolute atomic E-state index is 13.2. The quantitative estimate of drug-likeness (QED) is 0.410. The fourth-order valence-corrected chi connectivity index (χ4v) is 4.55. The maximum Gasteiger partial charge on any atom is 0.321 e. The summed E-state index contributed by atoms with van der Waals surface area (Å²) in [5.74, 6) is 0. The molecule has 3 aromatic heterocycles. The molecular formula is C25H22ClN5O2. The Morgan fingerprint density at radius 2 is 1.82 bits per heavy atom. The van der Waals surface area contributed by atoms with Gasteiger partial charge in [-0.1, -0.05) is 41.9 Å². The minimum absolute atomic E-state index is 0.231. The molecule has 1 saturated heterocycles. The van der Waals surface area contributed by atoms with E-state index in [1.807, 2.05) is 43.3 Å². The first kappa shape index (κ1) is 21.2. The van der Waals surface area contributed by atoms with Gasteiger partial charge in [-0.2, -0.15) is 0 Å². The molecule has 1 fully saturated rings. The maximum atomic E-state index is 13.2. The number of rotatable bonds is 3. The van der Waals surface area contributed by atoms with Crippen LogP contribution in [-0.2, 0) is 0 Å². The topological polar surface area (TPSA) is 91.0 Å². The highest BCUT2D eigenvalue weighted by Crippen LogP contribution is 2.40. The zero-order valence-electron chi connectivity index (χ0n) is 18.1. The summed E-state index contributed by atoms with van der Waals surface area (Å²) in [5.41, 5.74) is 4.13. The number of nitrogens with one attached hydrogen (secondary N) is 2. The lowest BCUT2D eigenvalue weighted by Crippen LogP contribution is -2.32. The van der Waals surface area contributed by atoms with E-state index in [0.29, 0.717) is 46.2 Å². The third-order valence-corrected chi connectivity index (χ3v) is 5.98. The van der Waals surface area contributed by atoms with Gasteiger partial charge in [-0.3, -0.25) is 4.79 Å². The van der Waals surface area contributed by atoms with E-state index in [-0.39, 0.29) is 11.5 Å². The number of fused-ring (bicyclic) bond motifs is 1. The number of aromatic amines is 1. The Balaban J connectivity index is 1.85. The number of aryl methyl sites for hydroxylation is 1. The number of benzene rings is 1. The van der Waals surface area contributed by atoms with E-state index in [0.717, 1.165) is 29.7 Å². The van der Waals surface area contributed by atoms with E-state index in [9.17, 15) is 9.59 Å². The predicted molar refractivity (Wildman–Crippen MR) is 131 cm³/mol. The van der Waals surface area contributed by atoms with Gasteiger partial charge in [-0.15, -0.1) is 0 Å². The number of halogens is 1. The SMILES string of the molecule is Cc1cc(-c2c(-c3ccccc3)nc3[nH]ccc(=O)c3c2NC(=O)N2CCCC2)cc(Cl)n1. The van der Waals surface area contributed by atoms with Gasteiger partial charge in [0.2, 0.25) is 0 Å². The van der Waals surface area contributed by atoms with Crippen molar-refractivity contribution < 1.29 is 4.79 Å². The number of carbonyl (C=O) groups is 1. The second kappa shape index (κ2) is 8.67. The van der Waals surface area contributed by atoms with Crippen LogP contribution in [0.3, 0.4) is 0 Å². The smallest absolute Gasteiger partial charge is 0.321 e. The van der Waals surface area contributed by atoms with Crippen LogP contribution in [0.4, 0.5) is 10.5 Å². The average molecular weight is 460 g/mol. The van der Waals surface area contributed by atoms with Crippen LogP contribution in [0, 0.1) is 6.92 Å². The minimum atomic E-state index is -0.236. The number of aromatic nitrogens is 3. The van der Waals surface area contributed by atoms with Gasteiger partial charge in [-0.25, -0.2) is 14.8 Å². The molecule has 0 aliphatic carbocycles. The van der Waals surface area contributed by atoms with Crippen molar-refractivity contribution in [2.75, 3.05) is 18.4 Å². The van der Waals surface area contributed by atoms with Crippen LogP contribution in [0.2, 0.25) is 5.15 Å². The number of urea groups is 1. The summed E-state index contributed by atoms with van der Waals surface area (Å²) >= 11 is 6.31. The molecule has 4 aromatic rings. The summed E-state index contributed by atoms with van der Waals surface area (Å²) in [7, 11) is 0. The van der Waals surface area contributed by atoms with Crippen molar-refractivity contribution in [1.29, 1.82) is 0 Å². The Hall–Kier alpha value is -3.71. The van der Waals surface area contributed by atoms with Crippen molar-refractivity contribution in [1.82, 2.24) is 19.9 Å². The third-order valence-electron chi connectivity index (χ3n) is 5.78. The molecule has 5 rings (SSSR count). The van der Waals surface area contributed by atoms with Gasteiger partial charge in [0.05, 0.1) is 16.8 Å². The van der Waals surface area contributed by atoms with Crippen molar-refractivity contribution in [2.45, 2.75) is 19.8 Å². The van der Waals surface area contributed by atoms with Crippen molar-refractivity contribution >= 4 is 34.4 Å². The summed E-state index contributed by atoms with van der Waals surface area (Å²) in [6.45, 7) is 3.22. The van der Waals surface area contributed by atoms with Gasteiger partial charge in [0.1, 0.15) is 10.8 Å². The van der Waals surface area contributed by atoms with Gasteiger partial charge in [0.25, 0.3) is 0 Å². The van der Waals surface area contributed by atoms with Gasteiger partial charge in [0.15, 0.2) is 5.43 Å². The fourth-order valence-electron chi connectivity index (χ4n) is 4.30. The van der Waals surface area contributed by atoms with Gasteiger partial charge >= 0.3 is 6.03 Å². The van der Waals surface area contributed by atoms with Crippen molar-refractivity contribution in [3.63, 3.8) is 0 Å². The first-order valence-electron chi connectivity index (χ1n) is 10.8. The van der Waals surface area contributed by atoms with Crippen molar-refractivity contribution in [3.8, 4) is 22.4 Å². The van der Waals surface area contributed by atoms with E-state index in [2.05, 4.69) is 15.3 Å². The second-order valence-corrected chi connectivity index (χ2v) is 8.47. The largest absolute Gasteiger partial charge is 0.346 e. The monoisotopic (exact) mass is 459 g/mol. The first-order chi connectivity index (χ1) is 16.0. The van der Waals surface area contributed by atoms with Crippen LogP contribution in [-0.4, -0.2) is 39.0 Å². The zero-order chi connectivity index (χ0) is 22.9. The summed E-state index contributed by atoms with van der Waals surface area (Å²) in [4.78, 5) is 40.1. The Morgan fingerprint density at radius 3 is 2.55 bits per heavy atom. The van der Waals surface area contributed by atoms with Crippen LogP contribution in [0.5, 0.6) is 0 Å². The molecule has 33 heavy (non-hydrogen) atoms. The number of pyridine rings is 3. The molecule has 2 N–H and O–H groups in total. The lowest BCUT2D eigenvalue weighted by Gasteiger charge is -2.21. The molecule has 0 bridgehead atoms. The number of anilines is 1. The van der Waals surface area contributed by atoms with Crippen molar-refractivity contribution in [3.05, 3.63) is 75.8 Å². The molecular weight excluding hydrogens is 438 g/mol. The molecule has 1 aliphatic heterocycles. The molecule has 1 aromatic carbocycles. The van der Waals surface area contributed by atoms with Crippen LogP contribution in [0.15, 0.2) is 59.5 Å². The van der Waals surface area contributed by atoms with Crippen molar-refractivity contribution in [2.24, 2.45) is 0 Å².